The van der Waals surface area contributed by atoms with E-state index >= 15 is 0 Å². The zero-order valence-corrected chi connectivity index (χ0v) is 13.1. The van der Waals surface area contributed by atoms with E-state index in [2.05, 4.69) is 15.5 Å². The fraction of sp³-hybridized carbons (Fsp3) is 0.467. The number of hydrogen-bond acceptors (Lipinski definition) is 6. The van der Waals surface area contributed by atoms with Crippen LogP contribution in [0.4, 0.5) is 10.3 Å². The van der Waals surface area contributed by atoms with Crippen LogP contribution in [0.25, 0.3) is 0 Å². The van der Waals surface area contributed by atoms with Gasteiger partial charge >= 0.3 is 0 Å². The maximum Gasteiger partial charge on any atom is 0.244 e. The molecule has 1 saturated heterocycles. The molecule has 1 aliphatic rings. The lowest BCUT2D eigenvalue weighted by Gasteiger charge is -2.32. The Bertz CT molecular complexity index is 707. The minimum Gasteiger partial charge on any atom is -0.490 e. The second kappa shape index (κ2) is 7.24. The van der Waals surface area contributed by atoms with Crippen LogP contribution in [0.2, 0.25) is 0 Å². The minimum atomic E-state index is -0.379. The molecule has 128 valence electrons. The molecular formula is C15H19FN6O2. The highest BCUT2D eigenvalue weighted by atomic mass is 19.1. The van der Waals surface area contributed by atoms with Crippen molar-refractivity contribution in [1.82, 2.24) is 25.1 Å². The van der Waals surface area contributed by atoms with E-state index in [4.69, 9.17) is 10.5 Å². The molecule has 0 unspecified atom stereocenters. The average Bonchev–Trinajstić information content (AvgIpc) is 2.99. The SMILES string of the molecule is Nc1nnnn1CC(=O)N1CCC[C@@H](COc2ccccc2F)C1. The Morgan fingerprint density at radius 3 is 3.00 bits per heavy atom. The number of carbonyl (C=O) groups excluding carboxylic acids is 1. The van der Waals surface area contributed by atoms with Crippen LogP contribution in [0.15, 0.2) is 24.3 Å². The molecule has 0 radical (unpaired) electrons. The number of aromatic nitrogens is 4. The van der Waals surface area contributed by atoms with Gasteiger partial charge in [0.2, 0.25) is 11.9 Å². The first-order chi connectivity index (χ1) is 11.6. The number of likely N-dealkylation sites (tertiary alicyclic amines) is 1. The number of nitrogens with two attached hydrogens (primary N) is 1. The molecule has 0 bridgehead atoms. The second-order valence-corrected chi connectivity index (χ2v) is 5.78. The number of halogens is 1. The van der Waals surface area contributed by atoms with E-state index in [0.717, 1.165) is 12.8 Å². The lowest BCUT2D eigenvalue weighted by Crippen LogP contribution is -2.43. The largest absolute Gasteiger partial charge is 0.490 e. The normalized spacial score (nSPS) is 17.7. The van der Waals surface area contributed by atoms with Crippen molar-refractivity contribution < 1.29 is 13.9 Å². The van der Waals surface area contributed by atoms with Crippen molar-refractivity contribution >= 4 is 11.9 Å². The molecule has 8 nitrogen and oxygen atoms in total. The van der Waals surface area contributed by atoms with Gasteiger partial charge in [-0.15, -0.1) is 0 Å². The topological polar surface area (TPSA) is 99.2 Å². The van der Waals surface area contributed by atoms with Gasteiger partial charge < -0.3 is 15.4 Å². The van der Waals surface area contributed by atoms with Gasteiger partial charge in [-0.25, -0.2) is 9.07 Å². The smallest absolute Gasteiger partial charge is 0.244 e. The monoisotopic (exact) mass is 334 g/mol. The van der Waals surface area contributed by atoms with Crippen molar-refractivity contribution in [1.29, 1.82) is 0 Å². The van der Waals surface area contributed by atoms with Crippen molar-refractivity contribution in [2.75, 3.05) is 25.4 Å². The molecule has 0 spiro atoms. The van der Waals surface area contributed by atoms with Gasteiger partial charge in [0, 0.05) is 19.0 Å². The van der Waals surface area contributed by atoms with Crippen LogP contribution in [0.5, 0.6) is 5.75 Å². The van der Waals surface area contributed by atoms with Crippen LogP contribution in [0, 0.1) is 11.7 Å². The summed E-state index contributed by atoms with van der Waals surface area (Å²) in [6, 6.07) is 6.31. The van der Waals surface area contributed by atoms with E-state index in [9.17, 15) is 9.18 Å². The Balaban J connectivity index is 1.53. The molecular weight excluding hydrogens is 315 g/mol. The molecule has 1 amide bonds. The number of amides is 1. The molecule has 2 aromatic rings. The number of carbonyl (C=O) groups is 1. The van der Waals surface area contributed by atoms with Crippen molar-refractivity contribution in [3.05, 3.63) is 30.1 Å². The molecule has 1 aromatic heterocycles. The van der Waals surface area contributed by atoms with Crippen LogP contribution < -0.4 is 10.5 Å². The molecule has 1 aliphatic heterocycles. The fourth-order valence-corrected chi connectivity index (χ4v) is 2.75. The molecule has 24 heavy (non-hydrogen) atoms. The third kappa shape index (κ3) is 3.79. The van der Waals surface area contributed by atoms with Crippen LogP contribution >= 0.6 is 0 Å². The molecule has 2 heterocycles. The minimum absolute atomic E-state index is 0.0136. The molecule has 1 fully saturated rings. The van der Waals surface area contributed by atoms with E-state index in [1.807, 2.05) is 0 Å². The summed E-state index contributed by atoms with van der Waals surface area (Å²) in [5, 5.41) is 10.6. The summed E-state index contributed by atoms with van der Waals surface area (Å²) in [5.41, 5.74) is 5.57. The summed E-state index contributed by atoms with van der Waals surface area (Å²) in [6.07, 6.45) is 1.81. The van der Waals surface area contributed by atoms with Crippen LogP contribution in [0.1, 0.15) is 12.8 Å². The summed E-state index contributed by atoms with van der Waals surface area (Å²) in [5.74, 6) is 0.0377. The summed E-state index contributed by atoms with van der Waals surface area (Å²) in [7, 11) is 0. The first-order valence-corrected chi connectivity index (χ1v) is 7.80. The lowest BCUT2D eigenvalue weighted by molar-refractivity contribution is -0.134. The number of nitrogen functional groups attached to an aromatic ring is 1. The van der Waals surface area contributed by atoms with Crippen LogP contribution in [0.3, 0.4) is 0 Å². The van der Waals surface area contributed by atoms with Gasteiger partial charge in [-0.3, -0.25) is 4.79 Å². The quantitative estimate of drug-likeness (QED) is 0.865. The molecule has 3 rings (SSSR count). The Morgan fingerprint density at radius 1 is 1.42 bits per heavy atom. The van der Waals surface area contributed by atoms with Gasteiger partial charge in [-0.1, -0.05) is 17.2 Å². The van der Waals surface area contributed by atoms with E-state index < -0.39 is 0 Å². The molecule has 0 aliphatic carbocycles. The molecule has 9 heteroatoms. The third-order valence-electron chi connectivity index (χ3n) is 4.03. The Hall–Kier alpha value is -2.71. The Morgan fingerprint density at radius 2 is 2.25 bits per heavy atom. The number of nitrogens with zero attached hydrogens (tertiary/aromatic N) is 5. The van der Waals surface area contributed by atoms with E-state index in [-0.39, 0.29) is 35.9 Å². The van der Waals surface area contributed by atoms with Gasteiger partial charge in [0.25, 0.3) is 0 Å². The summed E-state index contributed by atoms with van der Waals surface area (Å²) < 4.78 is 20.4. The predicted octanol–water partition coefficient (Wildman–Crippen LogP) is 0.712. The second-order valence-electron chi connectivity index (χ2n) is 5.78. The van der Waals surface area contributed by atoms with Crippen molar-refractivity contribution in [2.45, 2.75) is 19.4 Å². The molecule has 2 N–H and O–H groups in total. The first-order valence-electron chi connectivity index (χ1n) is 7.80. The summed E-state index contributed by atoms with van der Waals surface area (Å²) in [4.78, 5) is 14.1. The number of piperidine rings is 1. The van der Waals surface area contributed by atoms with Gasteiger partial charge in [-0.05, 0) is 35.4 Å². The molecule has 0 saturated carbocycles. The number of rotatable bonds is 5. The van der Waals surface area contributed by atoms with Crippen LogP contribution in [-0.2, 0) is 11.3 Å². The Kier molecular flexibility index (Phi) is 4.88. The fourth-order valence-electron chi connectivity index (χ4n) is 2.75. The van der Waals surface area contributed by atoms with Crippen LogP contribution in [-0.4, -0.2) is 50.7 Å². The predicted molar refractivity (Wildman–Crippen MR) is 83.4 cm³/mol. The number of anilines is 1. The highest BCUT2D eigenvalue weighted by Gasteiger charge is 2.25. The maximum absolute atomic E-state index is 13.6. The molecule has 1 atom stereocenters. The highest BCUT2D eigenvalue weighted by Crippen LogP contribution is 2.21. The maximum atomic E-state index is 13.6. The average molecular weight is 334 g/mol. The van der Waals surface area contributed by atoms with Gasteiger partial charge in [0.1, 0.15) is 6.54 Å². The van der Waals surface area contributed by atoms with Gasteiger partial charge in [0.15, 0.2) is 11.6 Å². The standard InChI is InChI=1S/C15H19FN6O2/c16-12-5-1-2-6-13(12)24-10-11-4-3-7-21(8-11)14(23)9-22-15(17)18-19-20-22/h1-2,5-6,11H,3-4,7-10H2,(H2,17,18,20)/t11-/m1/s1. The number of hydrogen-bond donors (Lipinski definition) is 1. The van der Waals surface area contributed by atoms with E-state index in [1.165, 1.54) is 10.7 Å². The number of tetrazole rings is 1. The van der Waals surface area contributed by atoms with Crippen molar-refractivity contribution in [3.8, 4) is 5.75 Å². The lowest BCUT2D eigenvalue weighted by atomic mass is 9.99. The van der Waals surface area contributed by atoms with E-state index in [1.54, 1.807) is 23.1 Å². The van der Waals surface area contributed by atoms with E-state index in [0.29, 0.717) is 19.7 Å². The Labute approximate surface area is 138 Å². The highest BCUT2D eigenvalue weighted by molar-refractivity contribution is 5.76. The number of ether oxygens (including phenoxy) is 1. The van der Waals surface area contributed by atoms with Crippen molar-refractivity contribution in [2.24, 2.45) is 5.92 Å². The number of benzene rings is 1. The first kappa shape index (κ1) is 16.2. The third-order valence-corrected chi connectivity index (χ3v) is 4.03. The zero-order valence-electron chi connectivity index (χ0n) is 13.1. The molecule has 1 aromatic carbocycles. The number of para-hydroxylation sites is 1. The zero-order chi connectivity index (χ0) is 16.9. The van der Waals surface area contributed by atoms with Crippen molar-refractivity contribution in [3.63, 3.8) is 0 Å². The van der Waals surface area contributed by atoms with Gasteiger partial charge in [0.05, 0.1) is 6.61 Å². The van der Waals surface area contributed by atoms with Gasteiger partial charge in [-0.2, -0.15) is 0 Å². The summed E-state index contributed by atoms with van der Waals surface area (Å²) >= 11 is 0. The summed E-state index contributed by atoms with van der Waals surface area (Å²) in [6.45, 7) is 1.63.